The van der Waals surface area contributed by atoms with Crippen molar-refractivity contribution in [2.45, 2.75) is 19.4 Å². The van der Waals surface area contributed by atoms with E-state index >= 15 is 0 Å². The van der Waals surface area contributed by atoms with E-state index in [0.29, 0.717) is 6.42 Å². The van der Waals surface area contributed by atoms with Crippen LogP contribution in [-0.4, -0.2) is 4.98 Å². The number of aryl methyl sites for hydroxylation is 1. The van der Waals surface area contributed by atoms with E-state index in [4.69, 9.17) is 17.4 Å². The van der Waals surface area contributed by atoms with Crippen LogP contribution < -0.4 is 11.3 Å². The van der Waals surface area contributed by atoms with Gasteiger partial charge in [0.25, 0.3) is 0 Å². The van der Waals surface area contributed by atoms with Crippen LogP contribution in [0.3, 0.4) is 0 Å². The summed E-state index contributed by atoms with van der Waals surface area (Å²) in [5.41, 5.74) is 5.45. The highest BCUT2D eigenvalue weighted by Crippen LogP contribution is 2.21. The second kappa shape index (κ2) is 6.10. The lowest BCUT2D eigenvalue weighted by Gasteiger charge is -2.16. The third-order valence-electron chi connectivity index (χ3n) is 2.96. The van der Waals surface area contributed by atoms with Gasteiger partial charge in [0.2, 0.25) is 0 Å². The molecule has 2 aromatic rings. The van der Waals surface area contributed by atoms with Gasteiger partial charge in [-0.2, -0.15) is 0 Å². The van der Waals surface area contributed by atoms with Crippen LogP contribution in [0.2, 0.25) is 5.02 Å². The first-order valence-electron chi connectivity index (χ1n) is 5.92. The van der Waals surface area contributed by atoms with Crippen LogP contribution in [0.5, 0.6) is 0 Å². The van der Waals surface area contributed by atoms with E-state index in [2.05, 4.69) is 10.4 Å². The van der Waals surface area contributed by atoms with Crippen LogP contribution in [0.4, 0.5) is 4.39 Å². The Balaban J connectivity index is 2.18. The minimum Gasteiger partial charge on any atom is -0.271 e. The summed E-state index contributed by atoms with van der Waals surface area (Å²) in [6, 6.07) is 8.52. The largest absolute Gasteiger partial charge is 0.271 e. The molecule has 100 valence electrons. The highest BCUT2D eigenvalue weighted by atomic mass is 35.5. The van der Waals surface area contributed by atoms with Gasteiger partial charge < -0.3 is 0 Å². The van der Waals surface area contributed by atoms with Crippen molar-refractivity contribution >= 4 is 11.6 Å². The molecule has 0 saturated carbocycles. The van der Waals surface area contributed by atoms with Crippen LogP contribution in [0.15, 0.2) is 36.5 Å². The van der Waals surface area contributed by atoms with Gasteiger partial charge in [0, 0.05) is 11.9 Å². The van der Waals surface area contributed by atoms with Crippen LogP contribution in [-0.2, 0) is 6.42 Å². The molecule has 0 aliphatic carbocycles. The fourth-order valence-electron chi connectivity index (χ4n) is 1.86. The lowest BCUT2D eigenvalue weighted by atomic mass is 10.0. The van der Waals surface area contributed by atoms with Crippen LogP contribution >= 0.6 is 11.6 Å². The minimum absolute atomic E-state index is 0.117. The smallest absolute Gasteiger partial charge is 0.142 e. The van der Waals surface area contributed by atoms with Crippen molar-refractivity contribution in [3.8, 4) is 0 Å². The molecule has 0 radical (unpaired) electrons. The number of hydrazine groups is 1. The van der Waals surface area contributed by atoms with Crippen LogP contribution in [0, 0.1) is 12.7 Å². The summed E-state index contributed by atoms with van der Waals surface area (Å²) in [6.07, 6.45) is 2.33. The van der Waals surface area contributed by atoms with Gasteiger partial charge in [0.1, 0.15) is 5.82 Å². The summed E-state index contributed by atoms with van der Waals surface area (Å²) < 4.78 is 13.4. The number of rotatable bonds is 4. The Labute approximate surface area is 116 Å². The van der Waals surface area contributed by atoms with E-state index < -0.39 is 5.82 Å². The van der Waals surface area contributed by atoms with Crippen LogP contribution in [0.25, 0.3) is 0 Å². The first-order chi connectivity index (χ1) is 9.10. The van der Waals surface area contributed by atoms with Crippen molar-refractivity contribution in [3.05, 3.63) is 64.2 Å². The number of benzene rings is 1. The predicted molar refractivity (Wildman–Crippen MR) is 74.2 cm³/mol. The van der Waals surface area contributed by atoms with Crippen molar-refractivity contribution in [2.75, 3.05) is 0 Å². The Hall–Kier alpha value is -1.49. The predicted octanol–water partition coefficient (Wildman–Crippen LogP) is 2.93. The molecule has 0 spiro atoms. The van der Waals surface area contributed by atoms with Crippen LogP contribution in [0.1, 0.15) is 22.9 Å². The van der Waals surface area contributed by atoms with Crippen molar-refractivity contribution in [3.63, 3.8) is 0 Å². The summed E-state index contributed by atoms with van der Waals surface area (Å²) in [7, 11) is 0. The molecule has 1 unspecified atom stereocenters. The average Bonchev–Trinajstić information content (AvgIpc) is 2.41. The first kappa shape index (κ1) is 13.9. The Morgan fingerprint density at radius 1 is 1.37 bits per heavy atom. The molecule has 0 aliphatic heterocycles. The highest BCUT2D eigenvalue weighted by molar-refractivity contribution is 6.30. The van der Waals surface area contributed by atoms with Gasteiger partial charge in [0.15, 0.2) is 0 Å². The van der Waals surface area contributed by atoms with Gasteiger partial charge in [-0.25, -0.2) is 4.39 Å². The lowest BCUT2D eigenvalue weighted by molar-refractivity contribution is 0.547. The normalized spacial score (nSPS) is 12.4. The maximum atomic E-state index is 13.4. The number of halogens is 2. The maximum Gasteiger partial charge on any atom is 0.142 e. The molecule has 1 atom stereocenters. The molecular weight excluding hydrogens is 265 g/mol. The molecule has 5 heteroatoms. The number of nitrogens with two attached hydrogens (primary N) is 1. The fraction of sp³-hybridized carbons (Fsp3) is 0.214. The minimum atomic E-state index is -0.419. The van der Waals surface area contributed by atoms with Crippen molar-refractivity contribution in [2.24, 2.45) is 5.84 Å². The van der Waals surface area contributed by atoms with E-state index in [1.54, 1.807) is 18.3 Å². The lowest BCUT2D eigenvalue weighted by Crippen LogP contribution is -2.29. The number of nitrogens with zero attached hydrogens (tertiary/aromatic N) is 1. The molecule has 2 rings (SSSR count). The number of nitrogens with one attached hydrogen (secondary N) is 1. The second-order valence-electron chi connectivity index (χ2n) is 4.40. The van der Waals surface area contributed by atoms with E-state index in [1.807, 2.05) is 19.1 Å². The van der Waals surface area contributed by atoms with Gasteiger partial charge in [-0.05, 0) is 42.7 Å². The maximum absolute atomic E-state index is 13.4. The third kappa shape index (κ3) is 3.50. The molecule has 0 amide bonds. The molecule has 1 aromatic heterocycles. The Kier molecular flexibility index (Phi) is 4.47. The molecule has 0 aliphatic rings. The topological polar surface area (TPSA) is 50.9 Å². The zero-order valence-corrected chi connectivity index (χ0v) is 11.3. The number of hydrogen-bond acceptors (Lipinski definition) is 3. The molecule has 0 fully saturated rings. The average molecular weight is 280 g/mol. The standard InChI is InChI=1S/C14H15ClFN3/c1-9-2-4-11(8-18-9)14(19-17)7-10-3-5-12(15)13(16)6-10/h2-6,8,14,19H,7,17H2,1H3. The van der Waals surface area contributed by atoms with Gasteiger partial charge in [0.05, 0.1) is 11.1 Å². The Morgan fingerprint density at radius 2 is 2.16 bits per heavy atom. The highest BCUT2D eigenvalue weighted by Gasteiger charge is 2.12. The summed E-state index contributed by atoms with van der Waals surface area (Å²) >= 11 is 5.66. The molecule has 0 bridgehead atoms. The Morgan fingerprint density at radius 3 is 2.74 bits per heavy atom. The molecular formula is C14H15ClFN3. The van der Waals surface area contributed by atoms with Crippen molar-refractivity contribution in [1.29, 1.82) is 0 Å². The van der Waals surface area contributed by atoms with E-state index in [1.165, 1.54) is 6.07 Å². The van der Waals surface area contributed by atoms with Crippen molar-refractivity contribution in [1.82, 2.24) is 10.4 Å². The van der Waals surface area contributed by atoms with E-state index in [-0.39, 0.29) is 11.1 Å². The van der Waals surface area contributed by atoms with Gasteiger partial charge in [-0.1, -0.05) is 23.7 Å². The zero-order chi connectivity index (χ0) is 13.8. The van der Waals surface area contributed by atoms with E-state index in [9.17, 15) is 4.39 Å². The SMILES string of the molecule is Cc1ccc(C(Cc2ccc(Cl)c(F)c2)NN)cn1. The molecule has 1 heterocycles. The first-order valence-corrected chi connectivity index (χ1v) is 6.30. The number of hydrogen-bond donors (Lipinski definition) is 2. The zero-order valence-electron chi connectivity index (χ0n) is 10.5. The second-order valence-corrected chi connectivity index (χ2v) is 4.81. The molecule has 1 aromatic carbocycles. The molecule has 3 nitrogen and oxygen atoms in total. The Bertz CT molecular complexity index is 557. The molecule has 19 heavy (non-hydrogen) atoms. The van der Waals surface area contributed by atoms with Crippen molar-refractivity contribution < 1.29 is 4.39 Å². The quantitative estimate of drug-likeness (QED) is 0.668. The van der Waals surface area contributed by atoms with Gasteiger partial charge in [-0.15, -0.1) is 0 Å². The van der Waals surface area contributed by atoms with Gasteiger partial charge >= 0.3 is 0 Å². The summed E-state index contributed by atoms with van der Waals surface area (Å²) in [5.74, 6) is 5.14. The monoisotopic (exact) mass is 279 g/mol. The summed E-state index contributed by atoms with van der Waals surface area (Å²) in [5, 5.41) is 0.123. The van der Waals surface area contributed by atoms with E-state index in [0.717, 1.165) is 16.8 Å². The number of aromatic nitrogens is 1. The molecule has 3 N–H and O–H groups in total. The fourth-order valence-corrected chi connectivity index (χ4v) is 1.98. The number of pyridine rings is 1. The summed E-state index contributed by atoms with van der Waals surface area (Å²) in [6.45, 7) is 1.92. The molecule has 0 saturated heterocycles. The third-order valence-corrected chi connectivity index (χ3v) is 3.27. The summed E-state index contributed by atoms with van der Waals surface area (Å²) in [4.78, 5) is 4.23. The van der Waals surface area contributed by atoms with Gasteiger partial charge in [-0.3, -0.25) is 16.3 Å².